The topological polar surface area (TPSA) is 66.5 Å². The highest BCUT2D eigenvalue weighted by Crippen LogP contribution is 2.29. The first-order valence-corrected chi connectivity index (χ1v) is 15.0. The molecule has 2 atom stereocenters. The molecule has 6 nitrogen and oxygen atoms in total. The number of fused-ring (bicyclic) bond motifs is 1. The number of allylic oxidation sites excluding steroid dienone is 3. The van der Waals surface area contributed by atoms with Crippen molar-refractivity contribution in [1.82, 2.24) is 20.4 Å². The van der Waals surface area contributed by atoms with E-state index in [1.807, 2.05) is 56.2 Å². The number of nitrogens with zero attached hydrogens (tertiary/aromatic N) is 2. The Balaban J connectivity index is 0.000000681. The molecule has 4 rings (SSSR count). The fraction of sp³-hybridized carbons (Fsp3) is 0.333. The van der Waals surface area contributed by atoms with Crippen LogP contribution in [0.3, 0.4) is 0 Å². The molecule has 2 unspecified atom stereocenters. The van der Waals surface area contributed by atoms with Gasteiger partial charge in [0.1, 0.15) is 6.04 Å². The summed E-state index contributed by atoms with van der Waals surface area (Å²) < 4.78 is 6.71. The van der Waals surface area contributed by atoms with Crippen molar-refractivity contribution in [1.29, 1.82) is 0 Å². The fourth-order valence-corrected chi connectivity index (χ4v) is 5.64. The van der Waals surface area contributed by atoms with Crippen LogP contribution in [0, 0.1) is 0 Å². The predicted octanol–water partition coefficient (Wildman–Crippen LogP) is 6.73. The summed E-state index contributed by atoms with van der Waals surface area (Å²) >= 11 is 1.68. The van der Waals surface area contributed by atoms with Crippen molar-refractivity contribution in [3.63, 3.8) is 0 Å². The zero-order valence-corrected chi connectivity index (χ0v) is 25.6. The number of thiophene rings is 1. The number of amides is 1. The second-order valence-electron chi connectivity index (χ2n) is 10.3. The van der Waals surface area contributed by atoms with Crippen molar-refractivity contribution in [3.8, 4) is 0 Å². The van der Waals surface area contributed by atoms with Gasteiger partial charge in [-0.15, -0.1) is 11.3 Å². The minimum absolute atomic E-state index is 0.0275. The standard InChI is InChI=1S/C28H38BN3O2S.C5H5N/c1-7-8-12-20(2)17-25(30-22(4)27-18-23-13-9-10-15-26(23)35-27)28(33)31-24-14-11-16-32(19-21(24)3)29(5)34-6;1-2-4-6-5-3-1/h7-10,12-13,15,18,24-25,30H,3-4,11,14,16-17,19H2,1-2,5-6H3,(H,31,33);1-5H/b8-7-,20-12+;. The van der Waals surface area contributed by atoms with Gasteiger partial charge in [0.25, 0.3) is 0 Å². The quantitative estimate of drug-likeness (QED) is 0.161. The van der Waals surface area contributed by atoms with E-state index in [0.717, 1.165) is 41.1 Å². The summed E-state index contributed by atoms with van der Waals surface area (Å²) in [4.78, 5) is 20.6. The molecule has 3 heterocycles. The van der Waals surface area contributed by atoms with Crippen molar-refractivity contribution in [2.45, 2.75) is 52.0 Å². The second-order valence-corrected chi connectivity index (χ2v) is 11.3. The molecule has 0 radical (unpaired) electrons. The first-order chi connectivity index (χ1) is 19.8. The van der Waals surface area contributed by atoms with Gasteiger partial charge in [-0.05, 0) is 81.7 Å². The maximum atomic E-state index is 13.6. The molecule has 0 aliphatic carbocycles. The van der Waals surface area contributed by atoms with E-state index in [-0.39, 0.29) is 19.0 Å². The molecule has 2 aromatic heterocycles. The second kappa shape index (κ2) is 16.7. The van der Waals surface area contributed by atoms with Gasteiger partial charge in [0.2, 0.25) is 5.91 Å². The summed E-state index contributed by atoms with van der Waals surface area (Å²) in [6, 6.07) is 15.6. The van der Waals surface area contributed by atoms with Crippen LogP contribution in [0.5, 0.6) is 0 Å². The van der Waals surface area contributed by atoms with Gasteiger partial charge in [-0.3, -0.25) is 9.78 Å². The summed E-state index contributed by atoms with van der Waals surface area (Å²) in [7, 11) is 1.75. The lowest BCUT2D eigenvalue weighted by molar-refractivity contribution is -0.123. The van der Waals surface area contributed by atoms with Gasteiger partial charge >= 0.3 is 7.05 Å². The number of nitrogens with one attached hydrogen (secondary N) is 2. The monoisotopic (exact) mass is 570 g/mol. The molecule has 8 heteroatoms. The van der Waals surface area contributed by atoms with Gasteiger partial charge in [0, 0.05) is 36.4 Å². The minimum Gasteiger partial charge on any atom is -0.424 e. The van der Waals surface area contributed by atoms with Crippen LogP contribution in [-0.2, 0) is 9.45 Å². The van der Waals surface area contributed by atoms with E-state index in [1.54, 1.807) is 30.8 Å². The normalized spacial score (nSPS) is 16.9. The third kappa shape index (κ3) is 10.2. The Morgan fingerprint density at radius 1 is 1.27 bits per heavy atom. The smallest absolute Gasteiger partial charge is 0.379 e. The van der Waals surface area contributed by atoms with Crippen LogP contribution >= 0.6 is 11.3 Å². The van der Waals surface area contributed by atoms with Crippen molar-refractivity contribution in [2.75, 3.05) is 20.2 Å². The van der Waals surface area contributed by atoms with Crippen LogP contribution in [0.25, 0.3) is 15.8 Å². The van der Waals surface area contributed by atoms with E-state index in [1.165, 1.54) is 10.1 Å². The minimum atomic E-state index is -0.431. The highest BCUT2D eigenvalue weighted by molar-refractivity contribution is 7.20. The molecule has 1 aromatic carbocycles. The molecule has 1 fully saturated rings. The van der Waals surface area contributed by atoms with Gasteiger partial charge in [0.15, 0.2) is 0 Å². The molecule has 1 aliphatic rings. The zero-order valence-electron chi connectivity index (χ0n) is 24.8. The van der Waals surface area contributed by atoms with E-state index in [0.29, 0.717) is 13.0 Å². The van der Waals surface area contributed by atoms with Crippen molar-refractivity contribution < 1.29 is 9.45 Å². The van der Waals surface area contributed by atoms with Gasteiger partial charge in [0.05, 0.1) is 10.9 Å². The molecule has 41 heavy (non-hydrogen) atoms. The van der Waals surface area contributed by atoms with Gasteiger partial charge in [-0.1, -0.05) is 61.2 Å². The number of hydrogen-bond donors (Lipinski definition) is 2. The molecule has 1 aliphatic heterocycles. The number of rotatable bonds is 10. The van der Waals surface area contributed by atoms with E-state index in [2.05, 4.69) is 64.8 Å². The highest BCUT2D eigenvalue weighted by Gasteiger charge is 2.29. The molecular formula is C33H43BN4O2S. The maximum absolute atomic E-state index is 13.6. The van der Waals surface area contributed by atoms with E-state index in [4.69, 9.17) is 4.65 Å². The largest absolute Gasteiger partial charge is 0.424 e. The zero-order chi connectivity index (χ0) is 29.6. The molecule has 2 N–H and O–H groups in total. The van der Waals surface area contributed by atoms with Crippen LogP contribution in [0.4, 0.5) is 0 Å². The molecule has 0 bridgehead atoms. The van der Waals surface area contributed by atoms with E-state index >= 15 is 0 Å². The Labute approximate surface area is 250 Å². The lowest BCUT2D eigenvalue weighted by Gasteiger charge is -2.27. The van der Waals surface area contributed by atoms with E-state index in [9.17, 15) is 4.79 Å². The Morgan fingerprint density at radius 3 is 2.66 bits per heavy atom. The van der Waals surface area contributed by atoms with Crippen molar-refractivity contribution >= 4 is 40.1 Å². The van der Waals surface area contributed by atoms with Gasteiger partial charge in [-0.25, -0.2) is 0 Å². The Kier molecular flexibility index (Phi) is 13.1. The SMILES string of the molecule is C=C(NC(C/C(C)=C/C=C\C)C(=O)NC1CCCN(B(C)OC)CC1=C)c1cc2ccccc2s1.c1ccncc1. The van der Waals surface area contributed by atoms with Gasteiger partial charge in [-0.2, -0.15) is 0 Å². The number of pyridine rings is 1. The summed E-state index contributed by atoms with van der Waals surface area (Å²) in [5.41, 5.74) is 2.91. The van der Waals surface area contributed by atoms with Crippen LogP contribution in [0.2, 0.25) is 6.82 Å². The molecule has 0 spiro atoms. The first kappa shape index (κ1) is 32.1. The van der Waals surface area contributed by atoms with Crippen LogP contribution in [0.15, 0.2) is 103 Å². The number of hydrogen-bond acceptors (Lipinski definition) is 6. The predicted molar refractivity (Wildman–Crippen MR) is 176 cm³/mol. The Bertz CT molecular complexity index is 1280. The molecule has 3 aromatic rings. The molecule has 216 valence electrons. The summed E-state index contributed by atoms with van der Waals surface area (Å²) in [5.74, 6) is -0.0279. The lowest BCUT2D eigenvalue weighted by Crippen LogP contribution is -2.48. The Hall–Kier alpha value is -3.46. The third-order valence-corrected chi connectivity index (χ3v) is 8.24. The maximum Gasteiger partial charge on any atom is 0.379 e. The summed E-state index contributed by atoms with van der Waals surface area (Å²) in [6.45, 7) is 16.3. The fourth-order valence-electron chi connectivity index (χ4n) is 4.64. The third-order valence-electron chi connectivity index (χ3n) is 7.06. The Morgan fingerprint density at radius 2 is 2.02 bits per heavy atom. The molecule has 1 saturated heterocycles. The van der Waals surface area contributed by atoms with Crippen molar-refractivity contribution in [2.24, 2.45) is 0 Å². The molecule has 0 saturated carbocycles. The summed E-state index contributed by atoms with van der Waals surface area (Å²) in [6.07, 6.45) is 12.0. The van der Waals surface area contributed by atoms with E-state index < -0.39 is 6.04 Å². The highest BCUT2D eigenvalue weighted by atomic mass is 32.1. The molecule has 1 amide bonds. The van der Waals surface area contributed by atoms with Crippen LogP contribution in [-0.4, -0.2) is 55.0 Å². The van der Waals surface area contributed by atoms with Crippen molar-refractivity contribution in [3.05, 3.63) is 108 Å². The van der Waals surface area contributed by atoms with Gasteiger partial charge < -0.3 is 20.1 Å². The number of carbonyl (C=O) groups excluding carboxylic acids is 1. The first-order valence-electron chi connectivity index (χ1n) is 14.1. The molecular weight excluding hydrogens is 527 g/mol. The number of carbonyl (C=O) groups is 1. The average molecular weight is 571 g/mol. The summed E-state index contributed by atoms with van der Waals surface area (Å²) in [5, 5.41) is 7.90. The number of benzene rings is 1. The van der Waals surface area contributed by atoms with Crippen LogP contribution < -0.4 is 10.6 Å². The number of aromatic nitrogens is 1. The average Bonchev–Trinajstić information content (AvgIpc) is 3.35. The van der Waals surface area contributed by atoms with Crippen LogP contribution in [0.1, 0.15) is 38.0 Å². The lowest BCUT2D eigenvalue weighted by atomic mass is 9.83.